The van der Waals surface area contributed by atoms with E-state index in [1.54, 1.807) is 0 Å². The molecule has 1 N–H and O–H groups in total. The number of aromatic carboxylic acids is 1. The highest BCUT2D eigenvalue weighted by molar-refractivity contribution is 5.89. The molecule has 0 spiro atoms. The van der Waals surface area contributed by atoms with E-state index in [-0.39, 0.29) is 18.2 Å². The second kappa shape index (κ2) is 7.40. The Balaban J connectivity index is 2.11. The number of amides is 1. The molecule has 1 aromatic carbocycles. The minimum Gasteiger partial charge on any atom is -0.478 e. The van der Waals surface area contributed by atoms with Crippen LogP contribution < -0.4 is 4.90 Å². The van der Waals surface area contributed by atoms with Crippen LogP contribution in [0.2, 0.25) is 0 Å². The van der Waals surface area contributed by atoms with Crippen LogP contribution in [0.5, 0.6) is 0 Å². The van der Waals surface area contributed by atoms with Crippen LogP contribution in [0.1, 0.15) is 29.8 Å². The summed E-state index contributed by atoms with van der Waals surface area (Å²) in [5.74, 6) is -0.713. The SMILES string of the molecule is CC(C)N(C(=O)OCc1ccccc1)c1ccc(C(=O)O)cn1. The third-order valence-corrected chi connectivity index (χ3v) is 3.16. The zero-order valence-corrected chi connectivity index (χ0v) is 13.0. The summed E-state index contributed by atoms with van der Waals surface area (Å²) in [5, 5.41) is 8.90. The second-order valence-electron chi connectivity index (χ2n) is 5.21. The molecule has 2 aromatic rings. The van der Waals surface area contributed by atoms with Gasteiger partial charge in [0, 0.05) is 12.2 Å². The molecule has 23 heavy (non-hydrogen) atoms. The predicted molar refractivity (Wildman–Crippen MR) is 85.4 cm³/mol. The first-order valence-corrected chi connectivity index (χ1v) is 7.18. The summed E-state index contributed by atoms with van der Waals surface area (Å²) in [6.07, 6.45) is 0.691. The van der Waals surface area contributed by atoms with Crippen LogP contribution in [-0.4, -0.2) is 28.2 Å². The Bertz CT molecular complexity index is 669. The van der Waals surface area contributed by atoms with Gasteiger partial charge >= 0.3 is 12.1 Å². The van der Waals surface area contributed by atoms with Crippen molar-refractivity contribution in [3.8, 4) is 0 Å². The molecule has 1 amide bonds. The lowest BCUT2D eigenvalue weighted by molar-refractivity contribution is 0.0696. The normalized spacial score (nSPS) is 10.4. The van der Waals surface area contributed by atoms with Gasteiger partial charge in [0.25, 0.3) is 0 Å². The Hall–Kier alpha value is -2.89. The Morgan fingerprint density at radius 2 is 1.87 bits per heavy atom. The molecule has 0 radical (unpaired) electrons. The molecule has 1 heterocycles. The van der Waals surface area contributed by atoms with E-state index in [2.05, 4.69) is 4.98 Å². The zero-order valence-electron chi connectivity index (χ0n) is 13.0. The number of benzene rings is 1. The van der Waals surface area contributed by atoms with Gasteiger partial charge in [-0.1, -0.05) is 30.3 Å². The molecule has 0 aliphatic heterocycles. The first-order valence-electron chi connectivity index (χ1n) is 7.18. The molecule has 0 bridgehead atoms. The maximum absolute atomic E-state index is 12.3. The maximum atomic E-state index is 12.3. The van der Waals surface area contributed by atoms with Gasteiger partial charge in [-0.2, -0.15) is 0 Å². The molecule has 6 heteroatoms. The third-order valence-electron chi connectivity index (χ3n) is 3.16. The van der Waals surface area contributed by atoms with E-state index < -0.39 is 12.1 Å². The predicted octanol–water partition coefficient (Wildman–Crippen LogP) is 3.33. The Morgan fingerprint density at radius 3 is 2.39 bits per heavy atom. The average molecular weight is 314 g/mol. The molecule has 0 unspecified atom stereocenters. The maximum Gasteiger partial charge on any atom is 0.416 e. The number of carboxylic acid groups (broad SMARTS) is 1. The van der Waals surface area contributed by atoms with Gasteiger partial charge in [-0.25, -0.2) is 14.6 Å². The van der Waals surface area contributed by atoms with Crippen molar-refractivity contribution in [2.75, 3.05) is 4.90 Å². The largest absolute Gasteiger partial charge is 0.478 e. The summed E-state index contributed by atoms with van der Waals surface area (Å²) < 4.78 is 5.31. The number of nitrogens with zero attached hydrogens (tertiary/aromatic N) is 2. The first-order chi connectivity index (χ1) is 11.0. The highest BCUT2D eigenvalue weighted by Gasteiger charge is 2.22. The number of carbonyl (C=O) groups excluding carboxylic acids is 1. The van der Waals surface area contributed by atoms with Crippen LogP contribution >= 0.6 is 0 Å². The quantitative estimate of drug-likeness (QED) is 0.915. The molecule has 0 aliphatic rings. The molecular formula is C17H18N2O4. The van der Waals surface area contributed by atoms with Gasteiger partial charge in [-0.05, 0) is 31.5 Å². The van der Waals surface area contributed by atoms with Gasteiger partial charge in [-0.15, -0.1) is 0 Å². The van der Waals surface area contributed by atoms with E-state index in [0.29, 0.717) is 5.82 Å². The molecule has 0 atom stereocenters. The van der Waals surface area contributed by atoms with Gasteiger partial charge in [0.05, 0.1) is 5.56 Å². The van der Waals surface area contributed by atoms with Gasteiger partial charge in [0.2, 0.25) is 0 Å². The number of anilines is 1. The molecule has 0 aliphatic carbocycles. The lowest BCUT2D eigenvalue weighted by Crippen LogP contribution is -2.38. The van der Waals surface area contributed by atoms with Crippen molar-refractivity contribution in [3.05, 3.63) is 59.8 Å². The molecule has 0 saturated carbocycles. The molecular weight excluding hydrogens is 296 g/mol. The Labute approximate surface area is 134 Å². The van der Waals surface area contributed by atoms with E-state index in [1.165, 1.54) is 23.2 Å². The molecule has 0 fully saturated rings. The third kappa shape index (κ3) is 4.29. The minimum atomic E-state index is -1.06. The smallest absolute Gasteiger partial charge is 0.416 e. The van der Waals surface area contributed by atoms with Gasteiger partial charge < -0.3 is 9.84 Å². The van der Waals surface area contributed by atoms with Gasteiger partial charge in [-0.3, -0.25) is 4.90 Å². The first kappa shape index (κ1) is 16.5. The average Bonchev–Trinajstić information content (AvgIpc) is 2.54. The van der Waals surface area contributed by atoms with Crippen LogP contribution in [0.25, 0.3) is 0 Å². The van der Waals surface area contributed by atoms with E-state index in [1.807, 2.05) is 44.2 Å². The lowest BCUT2D eigenvalue weighted by atomic mass is 10.2. The molecule has 6 nitrogen and oxygen atoms in total. The van der Waals surface area contributed by atoms with Crippen molar-refractivity contribution in [1.82, 2.24) is 4.98 Å². The van der Waals surface area contributed by atoms with E-state index in [9.17, 15) is 9.59 Å². The van der Waals surface area contributed by atoms with Crippen molar-refractivity contribution < 1.29 is 19.4 Å². The Kier molecular flexibility index (Phi) is 5.30. The standard InChI is InChI=1S/C17H18N2O4/c1-12(2)19(15-9-8-14(10-18-15)16(20)21)17(22)23-11-13-6-4-3-5-7-13/h3-10,12H,11H2,1-2H3,(H,20,21). The number of hydrogen-bond donors (Lipinski definition) is 1. The van der Waals surface area contributed by atoms with E-state index >= 15 is 0 Å². The number of carboxylic acids is 1. The molecule has 2 rings (SSSR count). The number of hydrogen-bond acceptors (Lipinski definition) is 4. The monoisotopic (exact) mass is 314 g/mol. The van der Waals surface area contributed by atoms with Crippen molar-refractivity contribution in [2.24, 2.45) is 0 Å². The van der Waals surface area contributed by atoms with Crippen molar-refractivity contribution in [3.63, 3.8) is 0 Å². The van der Waals surface area contributed by atoms with Crippen LogP contribution in [0.3, 0.4) is 0 Å². The van der Waals surface area contributed by atoms with Gasteiger partial charge in [0.15, 0.2) is 0 Å². The second-order valence-corrected chi connectivity index (χ2v) is 5.21. The minimum absolute atomic E-state index is 0.0649. The van der Waals surface area contributed by atoms with E-state index in [4.69, 9.17) is 9.84 Å². The fraction of sp³-hybridized carbons (Fsp3) is 0.235. The Morgan fingerprint density at radius 1 is 1.17 bits per heavy atom. The number of aromatic nitrogens is 1. The number of carbonyl (C=O) groups is 2. The number of pyridine rings is 1. The lowest BCUT2D eigenvalue weighted by Gasteiger charge is -2.25. The van der Waals surface area contributed by atoms with Crippen LogP contribution in [0, 0.1) is 0 Å². The van der Waals surface area contributed by atoms with Crippen LogP contribution in [0.15, 0.2) is 48.7 Å². The highest BCUT2D eigenvalue weighted by atomic mass is 16.6. The molecule has 120 valence electrons. The number of ether oxygens (including phenoxy) is 1. The van der Waals surface area contributed by atoms with Crippen molar-refractivity contribution in [1.29, 1.82) is 0 Å². The fourth-order valence-electron chi connectivity index (χ4n) is 2.01. The fourth-order valence-corrected chi connectivity index (χ4v) is 2.01. The molecule has 0 saturated heterocycles. The zero-order chi connectivity index (χ0) is 16.8. The van der Waals surface area contributed by atoms with Crippen molar-refractivity contribution in [2.45, 2.75) is 26.5 Å². The summed E-state index contributed by atoms with van der Waals surface area (Å²) >= 11 is 0. The van der Waals surface area contributed by atoms with Gasteiger partial charge in [0.1, 0.15) is 12.4 Å². The summed E-state index contributed by atoms with van der Waals surface area (Å²) in [4.78, 5) is 28.6. The molecule has 1 aromatic heterocycles. The van der Waals surface area contributed by atoms with Crippen LogP contribution in [-0.2, 0) is 11.3 Å². The van der Waals surface area contributed by atoms with Crippen molar-refractivity contribution >= 4 is 17.9 Å². The summed E-state index contributed by atoms with van der Waals surface area (Å²) in [6, 6.07) is 12.1. The number of rotatable bonds is 5. The summed E-state index contributed by atoms with van der Waals surface area (Å²) in [7, 11) is 0. The van der Waals surface area contributed by atoms with Crippen LogP contribution in [0.4, 0.5) is 10.6 Å². The topological polar surface area (TPSA) is 79.7 Å². The van der Waals surface area contributed by atoms with E-state index in [0.717, 1.165) is 5.56 Å². The summed E-state index contributed by atoms with van der Waals surface area (Å²) in [5.41, 5.74) is 0.953. The summed E-state index contributed by atoms with van der Waals surface area (Å²) in [6.45, 7) is 3.82. The highest BCUT2D eigenvalue weighted by Crippen LogP contribution is 2.17.